The number of carbonyl (C=O) groups excluding carboxylic acids is 2. The summed E-state index contributed by atoms with van der Waals surface area (Å²) >= 11 is 0. The third-order valence-electron chi connectivity index (χ3n) is 8.60. The van der Waals surface area contributed by atoms with Gasteiger partial charge < -0.3 is 10.6 Å². The summed E-state index contributed by atoms with van der Waals surface area (Å²) in [5.74, 6) is -6.05. The quantitative estimate of drug-likeness (QED) is 0.150. The predicted octanol–water partition coefficient (Wildman–Crippen LogP) is 12.1. The molecule has 58 heavy (non-hydrogen) atoms. The fourth-order valence-electron chi connectivity index (χ4n) is 5.82. The molecule has 0 spiro atoms. The Kier molecular flexibility index (Phi) is 13.0. The molecular weight excluding hydrogens is 785 g/mol. The standard InChI is InChI=1S/C22H16F5NO.C21H13F6NO/c1-13-3-2-4-19(24)20(13)21(29)28-17-8-5-14(6-9-17)11-15-12-16(23)7-10-18(15)22(25,26)27;22-14-7-6-13(16(11-14)21(25,26)27)10-12-4-8-15(9-5-12)28-20(29)19-17(23)2-1-3-18(19)24/h2-10,12H,11H2,1H3,(H,28,29);1-9,11H,10H2,(H,28,29). The van der Waals surface area contributed by atoms with Crippen molar-refractivity contribution in [2.75, 3.05) is 10.6 Å². The number of benzene rings is 6. The Morgan fingerprint density at radius 1 is 0.483 bits per heavy atom. The minimum atomic E-state index is -4.70. The van der Waals surface area contributed by atoms with Crippen molar-refractivity contribution in [1.29, 1.82) is 0 Å². The van der Waals surface area contributed by atoms with Gasteiger partial charge in [-0.05, 0) is 120 Å². The van der Waals surface area contributed by atoms with Gasteiger partial charge in [0.1, 0.15) is 34.6 Å². The Labute approximate surface area is 324 Å². The number of alkyl halides is 6. The largest absolute Gasteiger partial charge is 0.416 e. The Hall–Kier alpha value is -6.51. The molecule has 6 rings (SSSR count). The molecule has 0 radical (unpaired) electrons. The van der Waals surface area contributed by atoms with E-state index in [1.807, 2.05) is 0 Å². The molecule has 300 valence electrons. The van der Waals surface area contributed by atoms with Gasteiger partial charge in [0.2, 0.25) is 0 Å². The fourth-order valence-corrected chi connectivity index (χ4v) is 5.82. The van der Waals surface area contributed by atoms with Crippen molar-refractivity contribution in [1.82, 2.24) is 0 Å². The van der Waals surface area contributed by atoms with Crippen molar-refractivity contribution >= 4 is 23.2 Å². The maximum absolute atomic E-state index is 13.9. The third-order valence-corrected chi connectivity index (χ3v) is 8.60. The van der Waals surface area contributed by atoms with Gasteiger partial charge in [-0.3, -0.25) is 9.59 Å². The highest BCUT2D eigenvalue weighted by molar-refractivity contribution is 6.05. The van der Waals surface area contributed by atoms with E-state index in [1.165, 1.54) is 60.7 Å². The molecule has 0 saturated heterocycles. The van der Waals surface area contributed by atoms with Crippen LogP contribution in [-0.2, 0) is 25.2 Å². The number of carbonyl (C=O) groups is 2. The van der Waals surface area contributed by atoms with Crippen molar-refractivity contribution in [3.63, 3.8) is 0 Å². The van der Waals surface area contributed by atoms with Crippen LogP contribution in [0.5, 0.6) is 0 Å². The van der Waals surface area contributed by atoms with Crippen LogP contribution in [0.3, 0.4) is 0 Å². The lowest BCUT2D eigenvalue weighted by atomic mass is 9.99. The molecule has 0 aliphatic carbocycles. The van der Waals surface area contributed by atoms with Crippen molar-refractivity contribution in [2.45, 2.75) is 32.1 Å². The smallest absolute Gasteiger partial charge is 0.322 e. The molecule has 0 aromatic heterocycles. The second-order valence-corrected chi connectivity index (χ2v) is 12.8. The molecule has 0 heterocycles. The number of nitrogens with one attached hydrogen (secondary N) is 2. The summed E-state index contributed by atoms with van der Waals surface area (Å²) < 4.78 is 146. The van der Waals surface area contributed by atoms with Gasteiger partial charge in [-0.15, -0.1) is 0 Å². The summed E-state index contributed by atoms with van der Waals surface area (Å²) in [6.45, 7) is 1.61. The Bertz CT molecular complexity index is 2390. The first-order valence-electron chi connectivity index (χ1n) is 17.0. The number of hydrogen-bond donors (Lipinski definition) is 2. The van der Waals surface area contributed by atoms with Crippen molar-refractivity contribution in [3.8, 4) is 0 Å². The molecule has 0 saturated carbocycles. The van der Waals surface area contributed by atoms with Crippen LogP contribution in [-0.4, -0.2) is 11.8 Å². The lowest BCUT2D eigenvalue weighted by Gasteiger charge is -2.13. The average Bonchev–Trinajstić information content (AvgIpc) is 3.13. The zero-order chi connectivity index (χ0) is 42.4. The average molecular weight is 815 g/mol. The summed E-state index contributed by atoms with van der Waals surface area (Å²) in [7, 11) is 0. The van der Waals surface area contributed by atoms with Crippen molar-refractivity contribution in [3.05, 3.63) is 200 Å². The molecular formula is C43H29F11N2O2. The van der Waals surface area contributed by atoms with Crippen LogP contribution in [0.25, 0.3) is 0 Å². The molecule has 2 amide bonds. The van der Waals surface area contributed by atoms with Gasteiger partial charge >= 0.3 is 12.4 Å². The van der Waals surface area contributed by atoms with Crippen LogP contribution in [0.15, 0.2) is 121 Å². The lowest BCUT2D eigenvalue weighted by molar-refractivity contribution is -0.139. The van der Waals surface area contributed by atoms with E-state index in [0.29, 0.717) is 28.4 Å². The monoisotopic (exact) mass is 814 g/mol. The normalized spacial score (nSPS) is 11.4. The Morgan fingerprint density at radius 2 is 0.914 bits per heavy atom. The number of rotatable bonds is 8. The molecule has 4 nitrogen and oxygen atoms in total. The minimum Gasteiger partial charge on any atom is -0.322 e. The van der Waals surface area contributed by atoms with E-state index >= 15 is 0 Å². The predicted molar refractivity (Wildman–Crippen MR) is 195 cm³/mol. The van der Waals surface area contributed by atoms with E-state index in [-0.39, 0.29) is 35.2 Å². The molecule has 0 atom stereocenters. The van der Waals surface area contributed by atoms with Crippen LogP contribution in [0.1, 0.15) is 59.7 Å². The van der Waals surface area contributed by atoms with Crippen molar-refractivity contribution < 1.29 is 57.9 Å². The summed E-state index contributed by atoms with van der Waals surface area (Å²) in [5.41, 5.74) is -1.06. The zero-order valence-electron chi connectivity index (χ0n) is 29.9. The van der Waals surface area contributed by atoms with E-state index in [1.54, 1.807) is 13.0 Å². The number of halogens is 11. The number of anilines is 2. The minimum absolute atomic E-state index is 0.0776. The maximum atomic E-state index is 13.9. The summed E-state index contributed by atoms with van der Waals surface area (Å²) in [6, 6.07) is 23.8. The van der Waals surface area contributed by atoms with E-state index in [4.69, 9.17) is 0 Å². The molecule has 2 N–H and O–H groups in total. The summed E-state index contributed by atoms with van der Waals surface area (Å²) in [4.78, 5) is 24.4. The van der Waals surface area contributed by atoms with E-state index in [2.05, 4.69) is 10.6 Å². The van der Waals surface area contributed by atoms with Crippen LogP contribution < -0.4 is 10.6 Å². The van der Waals surface area contributed by atoms with E-state index in [9.17, 15) is 57.9 Å². The number of aryl methyl sites for hydroxylation is 1. The fraction of sp³-hybridized carbons (Fsp3) is 0.116. The van der Waals surface area contributed by atoms with Gasteiger partial charge in [0, 0.05) is 11.4 Å². The topological polar surface area (TPSA) is 58.2 Å². The maximum Gasteiger partial charge on any atom is 0.416 e. The number of hydrogen-bond acceptors (Lipinski definition) is 2. The first-order chi connectivity index (χ1) is 27.3. The second-order valence-electron chi connectivity index (χ2n) is 12.8. The number of amides is 2. The van der Waals surface area contributed by atoms with Gasteiger partial charge in [-0.25, -0.2) is 22.0 Å². The summed E-state index contributed by atoms with van der Waals surface area (Å²) in [6.07, 6.45) is -9.54. The Balaban J connectivity index is 0.000000221. The van der Waals surface area contributed by atoms with Gasteiger partial charge in [0.05, 0.1) is 16.7 Å². The Morgan fingerprint density at radius 3 is 1.41 bits per heavy atom. The van der Waals surface area contributed by atoms with Gasteiger partial charge in [0.15, 0.2) is 0 Å². The first-order valence-corrected chi connectivity index (χ1v) is 17.0. The van der Waals surface area contributed by atoms with Gasteiger partial charge in [0.25, 0.3) is 11.8 Å². The van der Waals surface area contributed by atoms with E-state index in [0.717, 1.165) is 48.5 Å². The highest BCUT2D eigenvalue weighted by Crippen LogP contribution is 2.35. The molecule has 0 fully saturated rings. The second kappa shape index (κ2) is 17.7. The molecule has 0 aliphatic rings. The highest BCUT2D eigenvalue weighted by Gasteiger charge is 2.34. The zero-order valence-corrected chi connectivity index (χ0v) is 29.9. The highest BCUT2D eigenvalue weighted by atomic mass is 19.4. The third kappa shape index (κ3) is 10.9. The molecule has 6 aromatic carbocycles. The SMILES string of the molecule is Cc1cccc(F)c1C(=O)Nc1ccc(Cc2cc(F)ccc2C(F)(F)F)cc1.O=C(Nc1ccc(Cc2ccc(F)cc2C(F)(F)F)cc1)c1c(F)cccc1F. The van der Waals surface area contributed by atoms with Crippen LogP contribution in [0.2, 0.25) is 0 Å². The van der Waals surface area contributed by atoms with Crippen molar-refractivity contribution in [2.24, 2.45) is 0 Å². The molecule has 0 bridgehead atoms. The van der Waals surface area contributed by atoms with Crippen LogP contribution >= 0.6 is 0 Å². The molecule has 0 unspecified atom stereocenters. The molecule has 0 aliphatic heterocycles. The van der Waals surface area contributed by atoms with Crippen LogP contribution in [0, 0.1) is 36.0 Å². The molecule has 15 heteroatoms. The lowest BCUT2D eigenvalue weighted by Crippen LogP contribution is -2.15. The van der Waals surface area contributed by atoms with Crippen LogP contribution in [0.4, 0.5) is 59.7 Å². The van der Waals surface area contributed by atoms with Gasteiger partial charge in [-0.1, -0.05) is 48.5 Å². The first kappa shape index (κ1) is 42.6. The van der Waals surface area contributed by atoms with Gasteiger partial charge in [-0.2, -0.15) is 26.3 Å². The molecule has 6 aromatic rings. The summed E-state index contributed by atoms with van der Waals surface area (Å²) in [5, 5.41) is 4.88. The van der Waals surface area contributed by atoms with E-state index < -0.39 is 69.9 Å².